The molecule has 6 rings (SSSR count). The SMILES string of the molecule is COc1ccc2c(c1)[C@]1(C[C@H]1C1CCC3C(C1)NNC3Nc1cc(C)ccc1OC)C(=O)N2. The molecule has 0 aromatic heterocycles. The minimum absolute atomic E-state index is 0.152. The van der Waals surface area contributed by atoms with Gasteiger partial charge in [-0.2, -0.15) is 0 Å². The summed E-state index contributed by atoms with van der Waals surface area (Å²) in [5.41, 5.74) is 11.0. The van der Waals surface area contributed by atoms with Crippen molar-refractivity contribution in [1.29, 1.82) is 0 Å². The van der Waals surface area contributed by atoms with E-state index in [1.54, 1.807) is 14.2 Å². The van der Waals surface area contributed by atoms with E-state index < -0.39 is 0 Å². The van der Waals surface area contributed by atoms with Crippen LogP contribution < -0.4 is 31.0 Å². The first-order valence-electron chi connectivity index (χ1n) is 12.0. The molecule has 2 saturated carbocycles. The highest BCUT2D eigenvalue weighted by molar-refractivity contribution is 6.09. The number of ether oxygens (including phenoxy) is 2. The predicted octanol–water partition coefficient (Wildman–Crippen LogP) is 3.55. The molecule has 2 aromatic carbocycles. The molecular formula is C26H32N4O3. The Hall–Kier alpha value is -2.77. The van der Waals surface area contributed by atoms with Crippen LogP contribution in [0.5, 0.6) is 11.5 Å². The summed E-state index contributed by atoms with van der Waals surface area (Å²) in [6.45, 7) is 2.09. The summed E-state index contributed by atoms with van der Waals surface area (Å²) in [5.74, 6) is 3.28. The van der Waals surface area contributed by atoms with Crippen LogP contribution in [0, 0.1) is 24.7 Å². The summed E-state index contributed by atoms with van der Waals surface area (Å²) in [7, 11) is 3.39. The maximum Gasteiger partial charge on any atom is 0.235 e. The van der Waals surface area contributed by atoms with E-state index in [0.717, 1.165) is 54.1 Å². The Kier molecular flexibility index (Phi) is 4.82. The maximum absolute atomic E-state index is 13.0. The Balaban J connectivity index is 1.16. The largest absolute Gasteiger partial charge is 0.497 e. The number of hydrazine groups is 1. The van der Waals surface area contributed by atoms with Crippen molar-refractivity contribution in [2.75, 3.05) is 24.9 Å². The van der Waals surface area contributed by atoms with Gasteiger partial charge in [0.1, 0.15) is 11.5 Å². The fourth-order valence-electron chi connectivity index (χ4n) is 6.62. The number of nitrogens with one attached hydrogen (secondary N) is 4. The van der Waals surface area contributed by atoms with E-state index in [9.17, 15) is 4.79 Å². The van der Waals surface area contributed by atoms with Crippen molar-refractivity contribution in [2.24, 2.45) is 17.8 Å². The number of aryl methyl sites for hydroxylation is 1. The molecule has 6 atom stereocenters. The van der Waals surface area contributed by atoms with Crippen molar-refractivity contribution < 1.29 is 14.3 Å². The third-order valence-corrected chi connectivity index (χ3v) is 8.41. The number of methoxy groups -OCH3 is 2. The first-order chi connectivity index (χ1) is 16.0. The van der Waals surface area contributed by atoms with Gasteiger partial charge < -0.3 is 20.1 Å². The second-order valence-corrected chi connectivity index (χ2v) is 10.1. The number of carbonyl (C=O) groups excluding carboxylic acids is 1. The van der Waals surface area contributed by atoms with Crippen LogP contribution in [0.2, 0.25) is 0 Å². The molecule has 1 spiro atoms. The molecule has 7 heteroatoms. The van der Waals surface area contributed by atoms with Gasteiger partial charge in [-0.1, -0.05) is 6.07 Å². The van der Waals surface area contributed by atoms with Gasteiger partial charge in [0.05, 0.1) is 31.5 Å². The Morgan fingerprint density at radius 2 is 1.94 bits per heavy atom. The topological polar surface area (TPSA) is 83.7 Å². The van der Waals surface area contributed by atoms with E-state index in [0.29, 0.717) is 23.8 Å². The molecule has 1 saturated heterocycles. The van der Waals surface area contributed by atoms with Crippen molar-refractivity contribution >= 4 is 17.3 Å². The van der Waals surface area contributed by atoms with E-state index in [1.165, 1.54) is 5.56 Å². The summed E-state index contributed by atoms with van der Waals surface area (Å²) in [6, 6.07) is 12.6. The van der Waals surface area contributed by atoms with Gasteiger partial charge in [0.25, 0.3) is 0 Å². The van der Waals surface area contributed by atoms with Gasteiger partial charge in [0, 0.05) is 17.6 Å². The maximum atomic E-state index is 13.0. The highest BCUT2D eigenvalue weighted by atomic mass is 16.5. The number of benzene rings is 2. The van der Waals surface area contributed by atoms with Crippen LogP contribution in [0.15, 0.2) is 36.4 Å². The molecule has 2 aromatic rings. The molecule has 4 N–H and O–H groups in total. The number of carbonyl (C=O) groups is 1. The summed E-state index contributed by atoms with van der Waals surface area (Å²) in [5, 5.41) is 6.79. The number of hydrogen-bond acceptors (Lipinski definition) is 6. The van der Waals surface area contributed by atoms with Gasteiger partial charge in [-0.05, 0) is 85.9 Å². The lowest BCUT2D eigenvalue weighted by molar-refractivity contribution is -0.118. The average Bonchev–Trinajstić information content (AvgIpc) is 3.38. The molecule has 174 valence electrons. The van der Waals surface area contributed by atoms with Gasteiger partial charge in [0.2, 0.25) is 5.91 Å². The van der Waals surface area contributed by atoms with Crippen LogP contribution in [-0.2, 0) is 10.2 Å². The van der Waals surface area contributed by atoms with E-state index in [2.05, 4.69) is 46.6 Å². The monoisotopic (exact) mass is 448 g/mol. The summed E-state index contributed by atoms with van der Waals surface area (Å²) in [4.78, 5) is 13.0. The highest BCUT2D eigenvalue weighted by Gasteiger charge is 2.67. The van der Waals surface area contributed by atoms with Crippen LogP contribution in [0.25, 0.3) is 0 Å². The van der Waals surface area contributed by atoms with Gasteiger partial charge in [-0.25, -0.2) is 5.43 Å². The number of hydrogen-bond donors (Lipinski definition) is 4. The fraction of sp³-hybridized carbons (Fsp3) is 0.500. The lowest BCUT2D eigenvalue weighted by Gasteiger charge is -2.34. The molecule has 2 heterocycles. The first-order valence-corrected chi connectivity index (χ1v) is 12.0. The van der Waals surface area contributed by atoms with Crippen LogP contribution in [0.4, 0.5) is 11.4 Å². The molecular weight excluding hydrogens is 416 g/mol. The molecule has 4 aliphatic rings. The third-order valence-electron chi connectivity index (χ3n) is 8.41. The quantitative estimate of drug-likeness (QED) is 0.560. The zero-order valence-electron chi connectivity index (χ0n) is 19.4. The summed E-state index contributed by atoms with van der Waals surface area (Å²) >= 11 is 0. The van der Waals surface area contributed by atoms with Gasteiger partial charge in [0.15, 0.2) is 0 Å². The van der Waals surface area contributed by atoms with E-state index in [-0.39, 0.29) is 17.5 Å². The fourth-order valence-corrected chi connectivity index (χ4v) is 6.62. The molecule has 4 unspecified atom stereocenters. The Labute approximate surface area is 194 Å². The Bertz CT molecular complexity index is 1100. The second kappa shape index (κ2) is 7.64. The van der Waals surface area contributed by atoms with Crippen LogP contribution in [0.1, 0.15) is 36.8 Å². The van der Waals surface area contributed by atoms with Gasteiger partial charge in [-0.3, -0.25) is 10.2 Å². The molecule has 0 bridgehead atoms. The smallest absolute Gasteiger partial charge is 0.235 e. The molecule has 0 radical (unpaired) electrons. The molecule has 2 aliphatic carbocycles. The summed E-state index contributed by atoms with van der Waals surface area (Å²) < 4.78 is 11.0. The first kappa shape index (κ1) is 20.8. The van der Waals surface area contributed by atoms with Crippen LogP contribution >= 0.6 is 0 Å². The zero-order chi connectivity index (χ0) is 22.7. The predicted molar refractivity (Wildman–Crippen MR) is 127 cm³/mol. The number of anilines is 2. The highest BCUT2D eigenvalue weighted by Crippen LogP contribution is 2.65. The van der Waals surface area contributed by atoms with Gasteiger partial charge >= 0.3 is 0 Å². The number of fused-ring (bicyclic) bond motifs is 3. The standard InChI is InChI=1S/C26H32N4O3/c1-14-4-9-23(33-3)22(10-14)27-24-17-7-5-15(11-21(17)29-30-24)19-13-26(19)18-12-16(32-2)6-8-20(18)28-25(26)31/h4,6,8-10,12,15,17,19,21,24,27,29-30H,5,7,11,13H2,1-3H3,(H,28,31)/t15?,17?,19-,21?,24?,26-/m0/s1. The van der Waals surface area contributed by atoms with Crippen molar-refractivity contribution in [2.45, 2.75) is 50.2 Å². The lowest BCUT2D eigenvalue weighted by atomic mass is 9.74. The van der Waals surface area contributed by atoms with Crippen molar-refractivity contribution in [1.82, 2.24) is 10.9 Å². The van der Waals surface area contributed by atoms with Gasteiger partial charge in [-0.15, -0.1) is 0 Å². The third kappa shape index (κ3) is 3.21. The van der Waals surface area contributed by atoms with Crippen LogP contribution in [-0.4, -0.2) is 32.3 Å². The second-order valence-electron chi connectivity index (χ2n) is 10.1. The zero-order valence-corrected chi connectivity index (χ0v) is 19.4. The number of rotatable bonds is 5. The molecule has 3 fully saturated rings. The van der Waals surface area contributed by atoms with Crippen molar-refractivity contribution in [3.8, 4) is 11.5 Å². The number of amides is 1. The van der Waals surface area contributed by atoms with E-state index in [4.69, 9.17) is 9.47 Å². The Morgan fingerprint density at radius 3 is 2.76 bits per heavy atom. The minimum atomic E-state index is -0.361. The average molecular weight is 449 g/mol. The molecule has 33 heavy (non-hydrogen) atoms. The molecule has 7 nitrogen and oxygen atoms in total. The van der Waals surface area contributed by atoms with E-state index >= 15 is 0 Å². The lowest BCUT2D eigenvalue weighted by Crippen LogP contribution is -2.39. The summed E-state index contributed by atoms with van der Waals surface area (Å²) in [6.07, 6.45) is 4.45. The minimum Gasteiger partial charge on any atom is -0.497 e. The normalized spacial score (nSPS) is 33.9. The van der Waals surface area contributed by atoms with E-state index in [1.807, 2.05) is 18.2 Å². The Morgan fingerprint density at radius 1 is 1.06 bits per heavy atom. The molecule has 2 aliphatic heterocycles. The van der Waals surface area contributed by atoms with Crippen molar-refractivity contribution in [3.63, 3.8) is 0 Å². The molecule has 1 amide bonds. The van der Waals surface area contributed by atoms with Crippen LogP contribution in [0.3, 0.4) is 0 Å². The van der Waals surface area contributed by atoms with Crippen molar-refractivity contribution in [3.05, 3.63) is 47.5 Å².